The van der Waals surface area contributed by atoms with Crippen LogP contribution in [0.1, 0.15) is 127 Å². The zero-order valence-corrected chi connectivity index (χ0v) is 33.9. The number of primary amides is 1. The number of nitrogens with two attached hydrogens (primary N) is 1. The molecule has 0 heterocycles. The molecule has 52 heavy (non-hydrogen) atoms. The summed E-state index contributed by atoms with van der Waals surface area (Å²) in [5.41, 5.74) is 15.7. The fourth-order valence-electron chi connectivity index (χ4n) is 7.01. The van der Waals surface area contributed by atoms with Gasteiger partial charge in [-0.2, -0.15) is 0 Å². The Morgan fingerprint density at radius 3 is 1.60 bits per heavy atom. The van der Waals surface area contributed by atoms with E-state index in [1.54, 1.807) is 6.08 Å². The summed E-state index contributed by atoms with van der Waals surface area (Å²) >= 11 is 0. The van der Waals surface area contributed by atoms with Crippen LogP contribution in [0.4, 0.5) is 0 Å². The molecule has 1 atom stereocenters. The molecule has 3 amide bonds. The first-order chi connectivity index (χ1) is 24.4. The smallest absolute Gasteiger partial charge is 0.244 e. The zero-order valence-electron chi connectivity index (χ0n) is 33.9. The fraction of sp³-hybridized carbons (Fsp3) is 0.500. The molecule has 284 valence electrons. The van der Waals surface area contributed by atoms with Gasteiger partial charge in [0.2, 0.25) is 17.7 Å². The van der Waals surface area contributed by atoms with Crippen molar-refractivity contribution in [2.45, 2.75) is 133 Å². The van der Waals surface area contributed by atoms with Crippen LogP contribution in [0.5, 0.6) is 0 Å². The molecular formula is C46H67N3O3. The van der Waals surface area contributed by atoms with Crippen LogP contribution in [-0.4, -0.2) is 30.3 Å². The van der Waals surface area contributed by atoms with E-state index in [9.17, 15) is 14.4 Å². The Kier molecular flexibility index (Phi) is 18.1. The highest BCUT2D eigenvalue weighted by Gasteiger charge is 2.27. The van der Waals surface area contributed by atoms with E-state index >= 15 is 0 Å². The Labute approximate surface area is 315 Å². The van der Waals surface area contributed by atoms with Gasteiger partial charge < -0.3 is 16.4 Å². The van der Waals surface area contributed by atoms with Crippen molar-refractivity contribution in [3.8, 4) is 0 Å². The molecule has 0 saturated heterocycles. The van der Waals surface area contributed by atoms with Crippen molar-refractivity contribution in [3.05, 3.63) is 117 Å². The van der Waals surface area contributed by atoms with Crippen LogP contribution in [0.25, 0.3) is 0 Å². The Hall–Kier alpha value is -4.19. The molecule has 0 spiro atoms. The number of hydrogen-bond donors (Lipinski definition) is 3. The quantitative estimate of drug-likeness (QED) is 0.0796. The summed E-state index contributed by atoms with van der Waals surface area (Å²) in [5, 5.41) is 5.62. The maximum atomic E-state index is 12.6. The summed E-state index contributed by atoms with van der Waals surface area (Å²) < 4.78 is 0. The molecule has 2 aliphatic rings. The predicted octanol–water partition coefficient (Wildman–Crippen LogP) is 10.3. The molecule has 0 aromatic heterocycles. The van der Waals surface area contributed by atoms with Crippen LogP contribution >= 0.6 is 0 Å². The van der Waals surface area contributed by atoms with Crippen molar-refractivity contribution >= 4 is 17.7 Å². The number of rotatable bonds is 17. The Bertz CT molecular complexity index is 1600. The molecule has 0 aromatic carbocycles. The highest BCUT2D eigenvalue weighted by Crippen LogP contribution is 2.41. The van der Waals surface area contributed by atoms with E-state index in [1.807, 2.05) is 44.2 Å². The number of unbranched alkanes of at least 4 members (excludes halogenated alkanes) is 1. The monoisotopic (exact) mass is 710 g/mol. The summed E-state index contributed by atoms with van der Waals surface area (Å²) in [6.45, 7) is 22.1. The number of nitrogens with one attached hydrogen (secondary N) is 2. The molecule has 0 bridgehead atoms. The van der Waals surface area contributed by atoms with Gasteiger partial charge in [-0.1, -0.05) is 111 Å². The summed E-state index contributed by atoms with van der Waals surface area (Å²) in [7, 11) is 0. The van der Waals surface area contributed by atoms with Gasteiger partial charge in [-0.15, -0.1) is 0 Å². The van der Waals surface area contributed by atoms with Crippen LogP contribution in [0.3, 0.4) is 0 Å². The second kappa shape index (κ2) is 21.4. The van der Waals surface area contributed by atoms with Gasteiger partial charge in [0.15, 0.2) is 0 Å². The molecule has 0 aliphatic heterocycles. The fourth-order valence-corrected chi connectivity index (χ4v) is 7.01. The normalized spacial score (nSPS) is 19.7. The minimum atomic E-state index is -0.779. The number of carbonyl (C=O) groups excluding carboxylic acids is 3. The van der Waals surface area contributed by atoms with E-state index in [-0.39, 0.29) is 22.6 Å². The number of hydrogen-bond acceptors (Lipinski definition) is 3. The highest BCUT2D eigenvalue weighted by atomic mass is 16.2. The summed E-state index contributed by atoms with van der Waals surface area (Å²) in [4.78, 5) is 37.1. The van der Waals surface area contributed by atoms with Crippen molar-refractivity contribution < 1.29 is 14.4 Å². The lowest BCUT2D eigenvalue weighted by atomic mass is 9.72. The third-order valence-corrected chi connectivity index (χ3v) is 10.1. The van der Waals surface area contributed by atoms with Crippen LogP contribution in [0.2, 0.25) is 0 Å². The topological polar surface area (TPSA) is 101 Å². The first kappa shape index (κ1) is 44.0. The third-order valence-electron chi connectivity index (χ3n) is 10.1. The van der Waals surface area contributed by atoms with E-state index in [0.717, 1.165) is 28.7 Å². The third kappa shape index (κ3) is 16.0. The molecule has 6 heteroatoms. The maximum absolute atomic E-state index is 12.6. The minimum absolute atomic E-state index is 0.167. The minimum Gasteiger partial charge on any atom is -0.368 e. The van der Waals surface area contributed by atoms with Crippen LogP contribution < -0.4 is 16.4 Å². The average Bonchev–Trinajstić information content (AvgIpc) is 3.02. The Balaban J connectivity index is 1.78. The van der Waals surface area contributed by atoms with Crippen molar-refractivity contribution in [1.29, 1.82) is 0 Å². The first-order valence-corrected chi connectivity index (χ1v) is 19.1. The van der Waals surface area contributed by atoms with Gasteiger partial charge in [0, 0.05) is 18.7 Å². The van der Waals surface area contributed by atoms with Gasteiger partial charge in [-0.25, -0.2) is 0 Å². The molecule has 2 aliphatic carbocycles. The standard InChI is InChI=1S/C46H67N3O3/c1-33(24-26-39-37(5)21-15-28-45(39,7)8)17-13-19-35(3)31-42(50)48-30-12-11-23-41(44(47)52)49-43(51)32-36(4)20-14-18-34(2)25-27-40-38(6)22-16-29-46(40,9)10/h13-14,17-20,24-27,31-32,41H,11-12,15-16,21-23,28-30H2,1-10H3,(H2,47,52)(H,48,50)(H,49,51)/b19-13+,20-14+,26-24+,27-25+,33-17+,34-18+,35-31+,36-32+/t41-/m1/s1. The molecule has 0 fully saturated rings. The highest BCUT2D eigenvalue weighted by molar-refractivity contribution is 5.93. The van der Waals surface area contributed by atoms with Gasteiger partial charge in [0.25, 0.3) is 0 Å². The number of carbonyl (C=O) groups is 3. The van der Waals surface area contributed by atoms with Gasteiger partial charge in [-0.3, -0.25) is 14.4 Å². The van der Waals surface area contributed by atoms with Crippen molar-refractivity contribution in [3.63, 3.8) is 0 Å². The van der Waals surface area contributed by atoms with E-state index in [1.165, 1.54) is 60.5 Å². The van der Waals surface area contributed by atoms with Crippen molar-refractivity contribution in [2.24, 2.45) is 16.6 Å². The molecule has 0 unspecified atom stereocenters. The lowest BCUT2D eigenvalue weighted by Gasteiger charge is -2.33. The lowest BCUT2D eigenvalue weighted by Crippen LogP contribution is -2.44. The number of amides is 3. The summed E-state index contributed by atoms with van der Waals surface area (Å²) in [6.07, 6.45) is 32.6. The van der Waals surface area contributed by atoms with Crippen LogP contribution in [-0.2, 0) is 14.4 Å². The lowest BCUT2D eigenvalue weighted by molar-refractivity contribution is -0.125. The van der Waals surface area contributed by atoms with Gasteiger partial charge in [0.1, 0.15) is 6.04 Å². The largest absolute Gasteiger partial charge is 0.368 e. The SMILES string of the molecule is CC1=C(/C=C/C(C)=C/C=C/C(C)=C/C(=O)NCCCC[C@@H](NC(=O)/C=C(C)/C=C/C=C(C)/C=C/C2=C(C)CCCC2(C)C)C(N)=O)C(C)(C)CCC1. The van der Waals surface area contributed by atoms with E-state index < -0.39 is 11.9 Å². The van der Waals surface area contributed by atoms with Crippen molar-refractivity contribution in [2.75, 3.05) is 6.54 Å². The molecular weight excluding hydrogens is 643 g/mol. The zero-order chi connectivity index (χ0) is 38.9. The van der Waals surface area contributed by atoms with Crippen LogP contribution in [0.15, 0.2) is 117 Å². The first-order valence-electron chi connectivity index (χ1n) is 19.1. The second-order valence-corrected chi connectivity index (χ2v) is 16.1. The number of allylic oxidation sites excluding steroid dienone is 18. The molecule has 0 radical (unpaired) electrons. The maximum Gasteiger partial charge on any atom is 0.244 e. The second-order valence-electron chi connectivity index (χ2n) is 16.1. The molecule has 0 saturated carbocycles. The Morgan fingerprint density at radius 2 is 1.15 bits per heavy atom. The molecule has 6 nitrogen and oxygen atoms in total. The average molecular weight is 710 g/mol. The van der Waals surface area contributed by atoms with E-state index in [0.29, 0.717) is 25.8 Å². The molecule has 4 N–H and O–H groups in total. The van der Waals surface area contributed by atoms with E-state index in [4.69, 9.17) is 5.73 Å². The summed E-state index contributed by atoms with van der Waals surface area (Å²) in [6, 6.07) is -0.779. The molecule has 0 aromatic rings. The Morgan fingerprint density at radius 1 is 0.692 bits per heavy atom. The summed E-state index contributed by atoms with van der Waals surface area (Å²) in [5.74, 6) is -1.11. The van der Waals surface area contributed by atoms with Gasteiger partial charge in [0.05, 0.1) is 0 Å². The van der Waals surface area contributed by atoms with Gasteiger partial charge in [-0.05, 0) is 132 Å². The van der Waals surface area contributed by atoms with E-state index in [2.05, 4.69) is 96.4 Å². The van der Waals surface area contributed by atoms with Crippen molar-refractivity contribution in [1.82, 2.24) is 10.6 Å². The van der Waals surface area contributed by atoms with Crippen LogP contribution in [0, 0.1) is 10.8 Å². The molecule has 2 rings (SSSR count). The van der Waals surface area contributed by atoms with Gasteiger partial charge >= 0.3 is 0 Å². The predicted molar refractivity (Wildman–Crippen MR) is 220 cm³/mol.